The fraction of sp³-hybridized carbons (Fsp3) is 0.238. The maximum Gasteiger partial charge on any atom is 0.336 e. The molecule has 3 aromatic rings. The first kappa shape index (κ1) is 21.1. The summed E-state index contributed by atoms with van der Waals surface area (Å²) in [6.07, 6.45) is 0. The van der Waals surface area contributed by atoms with E-state index in [2.05, 4.69) is 9.93 Å². The smallest absolute Gasteiger partial charge is 0.336 e. The topological polar surface area (TPSA) is 88.7 Å². The van der Waals surface area contributed by atoms with Crippen LogP contribution in [0.2, 0.25) is 0 Å². The van der Waals surface area contributed by atoms with Crippen molar-refractivity contribution in [2.24, 2.45) is 11.0 Å². The zero-order chi connectivity index (χ0) is 21.0. The van der Waals surface area contributed by atoms with Crippen LogP contribution in [-0.4, -0.2) is 19.9 Å². The number of aryl methyl sites for hydroxylation is 1. The van der Waals surface area contributed by atoms with Gasteiger partial charge in [0.1, 0.15) is 5.58 Å². The van der Waals surface area contributed by atoms with Crippen LogP contribution in [-0.2, 0) is 10.0 Å². The summed E-state index contributed by atoms with van der Waals surface area (Å²) < 4.78 is 29.8. The quantitative estimate of drug-likeness (QED) is 0.263. The third-order valence-corrected chi connectivity index (χ3v) is 7.01. The molecule has 1 heterocycles. The molecule has 0 aliphatic carbocycles. The van der Waals surface area contributed by atoms with Crippen LogP contribution in [0.3, 0.4) is 0 Å². The number of hydrogen-bond acceptors (Lipinski definition) is 6. The lowest BCUT2D eigenvalue weighted by atomic mass is 10.1. The van der Waals surface area contributed by atoms with Crippen molar-refractivity contribution in [2.45, 2.75) is 30.6 Å². The molecule has 1 atom stereocenters. The molecule has 1 aromatic heterocycles. The van der Waals surface area contributed by atoms with E-state index < -0.39 is 10.0 Å². The fourth-order valence-corrected chi connectivity index (χ4v) is 4.55. The maximum atomic E-state index is 12.3. The molecule has 0 saturated carbocycles. The lowest BCUT2D eigenvalue weighted by Gasteiger charge is -2.12. The molecule has 0 amide bonds. The summed E-state index contributed by atoms with van der Waals surface area (Å²) in [5.41, 5.74) is 1.77. The molecule has 152 valence electrons. The molecular weight excluding hydrogens is 408 g/mol. The Balaban J connectivity index is 1.65. The summed E-state index contributed by atoms with van der Waals surface area (Å²) in [6.45, 7) is 5.65. The minimum absolute atomic E-state index is 0.0405. The summed E-state index contributed by atoms with van der Waals surface area (Å²) >= 11 is 1.59. The Morgan fingerprint density at radius 1 is 1.17 bits per heavy atom. The molecule has 1 unspecified atom stereocenters. The molecule has 3 rings (SSSR count). The standard InChI is InChI=1S/C21H22N2O4S2/c1-14-11-21(24)27-20-12-17(9-10-19(14)20)28-13-15(2)16(3)22-23-29(25,26)18-7-5-4-6-8-18/h4-12,15,23H,13H2,1-3H3/b22-16-. The van der Waals surface area contributed by atoms with Crippen LogP contribution in [0.5, 0.6) is 0 Å². The van der Waals surface area contributed by atoms with Crippen LogP contribution in [0.15, 0.2) is 78.7 Å². The Morgan fingerprint density at radius 2 is 1.90 bits per heavy atom. The van der Waals surface area contributed by atoms with E-state index in [1.165, 1.54) is 18.2 Å². The van der Waals surface area contributed by atoms with Crippen molar-refractivity contribution in [2.75, 3.05) is 5.75 Å². The number of thioether (sulfide) groups is 1. The normalized spacial score (nSPS) is 13.4. The lowest BCUT2D eigenvalue weighted by molar-refractivity contribution is 0.559. The van der Waals surface area contributed by atoms with Gasteiger partial charge in [-0.15, -0.1) is 11.8 Å². The minimum Gasteiger partial charge on any atom is -0.423 e. The van der Waals surface area contributed by atoms with Crippen molar-refractivity contribution in [3.63, 3.8) is 0 Å². The van der Waals surface area contributed by atoms with Gasteiger partial charge in [-0.25, -0.2) is 9.63 Å². The molecule has 0 aliphatic rings. The average molecular weight is 431 g/mol. The molecule has 8 heteroatoms. The first-order valence-electron chi connectivity index (χ1n) is 9.04. The monoisotopic (exact) mass is 430 g/mol. The SMILES string of the molecule is C/C(=N/NS(=O)(=O)c1ccccc1)C(C)CSc1ccc2c(C)cc(=O)oc2c1. The largest absolute Gasteiger partial charge is 0.423 e. The molecular formula is C21H22N2O4S2. The first-order valence-corrected chi connectivity index (χ1v) is 11.5. The second kappa shape index (κ2) is 8.84. The van der Waals surface area contributed by atoms with Crippen molar-refractivity contribution in [1.29, 1.82) is 0 Å². The lowest BCUT2D eigenvalue weighted by Crippen LogP contribution is -2.22. The summed E-state index contributed by atoms with van der Waals surface area (Å²) in [4.78, 5) is 15.0. The molecule has 1 N–H and O–H groups in total. The van der Waals surface area contributed by atoms with Crippen LogP contribution in [0.25, 0.3) is 11.0 Å². The Bertz CT molecular complexity index is 1200. The summed E-state index contributed by atoms with van der Waals surface area (Å²) in [6, 6.07) is 15.4. The van der Waals surface area contributed by atoms with E-state index in [9.17, 15) is 13.2 Å². The van der Waals surface area contributed by atoms with Crippen LogP contribution in [0, 0.1) is 12.8 Å². The van der Waals surface area contributed by atoms with Crippen molar-refractivity contribution in [3.8, 4) is 0 Å². The van der Waals surface area contributed by atoms with Crippen LogP contribution in [0.4, 0.5) is 0 Å². The second-order valence-corrected chi connectivity index (χ2v) is 9.53. The van der Waals surface area contributed by atoms with Gasteiger partial charge in [-0.05, 0) is 49.7 Å². The number of benzene rings is 2. The Labute approximate surface area is 174 Å². The van der Waals surface area contributed by atoms with Gasteiger partial charge in [0.05, 0.1) is 4.90 Å². The van der Waals surface area contributed by atoms with E-state index in [1.807, 2.05) is 32.0 Å². The predicted octanol–water partition coefficient (Wildman–Crippen LogP) is 4.18. The highest BCUT2D eigenvalue weighted by atomic mass is 32.2. The zero-order valence-electron chi connectivity index (χ0n) is 16.4. The van der Waals surface area contributed by atoms with Crippen LogP contribution < -0.4 is 10.5 Å². The van der Waals surface area contributed by atoms with Gasteiger partial charge in [-0.2, -0.15) is 13.5 Å². The molecule has 0 saturated heterocycles. The fourth-order valence-electron chi connectivity index (χ4n) is 2.63. The van der Waals surface area contributed by atoms with Gasteiger partial charge in [0.2, 0.25) is 0 Å². The number of fused-ring (bicyclic) bond motifs is 1. The van der Waals surface area contributed by atoms with Gasteiger partial charge in [0, 0.05) is 33.7 Å². The minimum atomic E-state index is -3.67. The van der Waals surface area contributed by atoms with E-state index >= 15 is 0 Å². The van der Waals surface area contributed by atoms with Gasteiger partial charge < -0.3 is 4.42 Å². The molecule has 0 aliphatic heterocycles. The number of rotatable bonds is 7. The molecule has 6 nitrogen and oxygen atoms in total. The summed E-state index contributed by atoms with van der Waals surface area (Å²) in [5.74, 6) is 0.739. The van der Waals surface area contributed by atoms with E-state index in [1.54, 1.807) is 36.9 Å². The highest BCUT2D eigenvalue weighted by Gasteiger charge is 2.14. The second-order valence-electron chi connectivity index (χ2n) is 6.78. The summed E-state index contributed by atoms with van der Waals surface area (Å²) in [7, 11) is -3.67. The predicted molar refractivity (Wildman–Crippen MR) is 117 cm³/mol. The molecule has 2 aromatic carbocycles. The number of sulfonamides is 1. The Hall–Kier alpha value is -2.58. The van der Waals surface area contributed by atoms with E-state index in [-0.39, 0.29) is 16.4 Å². The highest BCUT2D eigenvalue weighted by molar-refractivity contribution is 7.99. The zero-order valence-corrected chi connectivity index (χ0v) is 18.0. The number of nitrogens with zero attached hydrogens (tertiary/aromatic N) is 1. The van der Waals surface area contributed by atoms with Crippen molar-refractivity contribution >= 4 is 38.5 Å². The average Bonchev–Trinajstić information content (AvgIpc) is 2.70. The Morgan fingerprint density at radius 3 is 2.62 bits per heavy atom. The third kappa shape index (κ3) is 5.27. The Kier molecular flexibility index (Phi) is 6.44. The highest BCUT2D eigenvalue weighted by Crippen LogP contribution is 2.26. The third-order valence-electron chi connectivity index (χ3n) is 4.53. The molecule has 0 radical (unpaired) electrons. The van der Waals surface area contributed by atoms with Gasteiger partial charge in [-0.3, -0.25) is 0 Å². The van der Waals surface area contributed by atoms with Crippen LogP contribution in [0.1, 0.15) is 19.4 Å². The molecule has 0 bridgehead atoms. The number of hydrogen-bond donors (Lipinski definition) is 1. The van der Waals surface area contributed by atoms with E-state index in [0.29, 0.717) is 17.0 Å². The molecule has 29 heavy (non-hydrogen) atoms. The van der Waals surface area contributed by atoms with Gasteiger partial charge in [0.15, 0.2) is 0 Å². The van der Waals surface area contributed by atoms with Gasteiger partial charge >= 0.3 is 5.63 Å². The molecule has 0 spiro atoms. The van der Waals surface area contributed by atoms with Crippen molar-refractivity contribution in [1.82, 2.24) is 4.83 Å². The van der Waals surface area contributed by atoms with E-state index in [0.717, 1.165) is 15.8 Å². The van der Waals surface area contributed by atoms with E-state index in [4.69, 9.17) is 4.42 Å². The maximum absolute atomic E-state index is 12.3. The van der Waals surface area contributed by atoms with Crippen molar-refractivity contribution < 1.29 is 12.8 Å². The number of nitrogens with one attached hydrogen (secondary N) is 1. The van der Waals surface area contributed by atoms with Gasteiger partial charge in [0.25, 0.3) is 10.0 Å². The number of hydrazone groups is 1. The molecule has 0 fully saturated rings. The van der Waals surface area contributed by atoms with Gasteiger partial charge in [-0.1, -0.05) is 25.1 Å². The van der Waals surface area contributed by atoms with Crippen LogP contribution >= 0.6 is 11.8 Å². The summed E-state index contributed by atoms with van der Waals surface area (Å²) in [5, 5.41) is 4.98. The first-order chi connectivity index (χ1) is 13.8. The van der Waals surface area contributed by atoms with Crippen molar-refractivity contribution in [3.05, 3.63) is 70.6 Å².